The summed E-state index contributed by atoms with van der Waals surface area (Å²) in [4.78, 5) is 4.27. The summed E-state index contributed by atoms with van der Waals surface area (Å²) in [6.07, 6.45) is 1.03. The van der Waals surface area contributed by atoms with Crippen molar-refractivity contribution in [3.63, 3.8) is 0 Å². The maximum atomic E-state index is 6.56. The minimum absolute atomic E-state index is 0.366. The van der Waals surface area contributed by atoms with Crippen LogP contribution in [-0.4, -0.2) is 24.5 Å². The number of hydrogen-bond acceptors (Lipinski definition) is 5. The summed E-state index contributed by atoms with van der Waals surface area (Å²) >= 11 is 6.06. The first-order valence-corrected chi connectivity index (χ1v) is 10.8. The predicted molar refractivity (Wildman–Crippen MR) is 123 cm³/mol. The van der Waals surface area contributed by atoms with Crippen LogP contribution in [0, 0.1) is 0 Å². The van der Waals surface area contributed by atoms with E-state index in [0.717, 1.165) is 16.7 Å². The Hall–Kier alpha value is -2.70. The van der Waals surface area contributed by atoms with Gasteiger partial charge >= 0.3 is 0 Å². The number of ether oxygens (including phenoxy) is 4. The van der Waals surface area contributed by atoms with Crippen LogP contribution in [0.4, 0.5) is 0 Å². The van der Waals surface area contributed by atoms with Crippen LogP contribution >= 0.6 is 11.6 Å². The van der Waals surface area contributed by atoms with E-state index < -0.39 is 18.0 Å². The lowest BCUT2D eigenvalue weighted by Crippen LogP contribution is -2.52. The Kier molecular flexibility index (Phi) is 7.22. The second kappa shape index (κ2) is 10.3. The normalized spacial score (nSPS) is 23.0. The second-order valence-corrected chi connectivity index (χ2v) is 8.06. The Morgan fingerprint density at radius 2 is 1.66 bits per heavy atom. The Balaban J connectivity index is 1.64. The average Bonchev–Trinajstić information content (AvgIpc) is 2.84. The SMILES string of the molecule is C=C1O[C@H](OC)[C@@](OCc2ccccc2)(c2ccc(Cl)nc2)C[C@@H]1OCc1ccccc1. The van der Waals surface area contributed by atoms with Crippen molar-refractivity contribution in [2.75, 3.05) is 7.11 Å². The van der Waals surface area contributed by atoms with Crippen molar-refractivity contribution in [3.05, 3.63) is 113 Å². The van der Waals surface area contributed by atoms with Crippen molar-refractivity contribution in [1.82, 2.24) is 4.98 Å². The largest absolute Gasteiger partial charge is 0.464 e. The van der Waals surface area contributed by atoms with Gasteiger partial charge in [0, 0.05) is 25.3 Å². The molecule has 1 aliphatic heterocycles. The Morgan fingerprint density at radius 3 is 2.25 bits per heavy atom. The molecule has 0 N–H and O–H groups in total. The maximum absolute atomic E-state index is 6.56. The third-order valence-electron chi connectivity index (χ3n) is 5.55. The third kappa shape index (κ3) is 5.03. The summed E-state index contributed by atoms with van der Waals surface area (Å²) in [5.74, 6) is 0.508. The van der Waals surface area contributed by atoms with E-state index in [1.165, 1.54) is 0 Å². The van der Waals surface area contributed by atoms with Gasteiger partial charge in [-0.1, -0.05) is 84.9 Å². The fourth-order valence-corrected chi connectivity index (χ4v) is 3.94. The van der Waals surface area contributed by atoms with E-state index in [1.54, 1.807) is 19.4 Å². The molecular weight excluding hydrogens is 426 g/mol. The molecule has 0 radical (unpaired) electrons. The minimum atomic E-state index is -0.968. The lowest BCUT2D eigenvalue weighted by Gasteiger charge is -2.46. The average molecular weight is 452 g/mol. The molecule has 0 spiro atoms. The van der Waals surface area contributed by atoms with Gasteiger partial charge in [-0.25, -0.2) is 4.98 Å². The molecule has 3 atom stereocenters. The third-order valence-corrected chi connectivity index (χ3v) is 5.77. The molecule has 0 amide bonds. The summed E-state index contributed by atoms with van der Waals surface area (Å²) in [6.45, 7) is 4.87. The van der Waals surface area contributed by atoms with E-state index in [2.05, 4.69) is 11.6 Å². The van der Waals surface area contributed by atoms with E-state index >= 15 is 0 Å². The van der Waals surface area contributed by atoms with Crippen molar-refractivity contribution in [1.29, 1.82) is 0 Å². The lowest BCUT2D eigenvalue weighted by molar-refractivity contribution is -0.279. The van der Waals surface area contributed by atoms with Gasteiger partial charge in [-0.3, -0.25) is 0 Å². The molecule has 5 nitrogen and oxygen atoms in total. The first kappa shape index (κ1) is 22.5. The zero-order chi connectivity index (χ0) is 22.4. The first-order valence-electron chi connectivity index (χ1n) is 10.4. The summed E-state index contributed by atoms with van der Waals surface area (Å²) in [5.41, 5.74) is 1.93. The number of nitrogens with zero attached hydrogens (tertiary/aromatic N) is 1. The van der Waals surface area contributed by atoms with Crippen LogP contribution < -0.4 is 0 Å². The maximum Gasteiger partial charge on any atom is 0.233 e. The Bertz CT molecular complexity index is 1010. The summed E-state index contributed by atoms with van der Waals surface area (Å²) in [6, 6.07) is 23.6. The molecule has 0 bridgehead atoms. The fourth-order valence-electron chi connectivity index (χ4n) is 3.83. The van der Waals surface area contributed by atoms with E-state index in [1.807, 2.05) is 66.7 Å². The molecule has 3 aromatic rings. The van der Waals surface area contributed by atoms with Crippen molar-refractivity contribution >= 4 is 11.6 Å². The molecule has 0 saturated carbocycles. The smallest absolute Gasteiger partial charge is 0.233 e. The topological polar surface area (TPSA) is 49.8 Å². The summed E-state index contributed by atoms with van der Waals surface area (Å²) in [7, 11) is 1.59. The highest BCUT2D eigenvalue weighted by atomic mass is 35.5. The molecule has 2 aromatic carbocycles. The standard InChI is InChI=1S/C26H26ClNO4/c1-19-23(30-17-20-9-5-3-6-10-20)15-26(25(29-2)32-19,22-13-14-24(27)28-16-22)31-18-21-11-7-4-8-12-21/h3-14,16,23,25H,1,15,17-18H2,2H3/t23-,25-,26-/m0/s1. The van der Waals surface area contributed by atoms with Crippen LogP contribution in [0.5, 0.6) is 0 Å². The molecule has 1 saturated heterocycles. The molecular formula is C26H26ClNO4. The van der Waals surface area contributed by atoms with Crippen LogP contribution in [0.1, 0.15) is 23.1 Å². The van der Waals surface area contributed by atoms with Gasteiger partial charge in [-0.15, -0.1) is 0 Å². The highest BCUT2D eigenvalue weighted by Crippen LogP contribution is 2.44. The summed E-state index contributed by atoms with van der Waals surface area (Å²) in [5, 5.41) is 0.402. The zero-order valence-corrected chi connectivity index (χ0v) is 18.7. The van der Waals surface area contributed by atoms with Crippen LogP contribution in [0.15, 0.2) is 91.3 Å². The van der Waals surface area contributed by atoms with Crippen LogP contribution in [-0.2, 0) is 37.8 Å². The van der Waals surface area contributed by atoms with Crippen molar-refractivity contribution in [2.24, 2.45) is 0 Å². The number of methoxy groups -OCH3 is 1. The van der Waals surface area contributed by atoms with Gasteiger partial charge in [-0.05, 0) is 17.2 Å². The van der Waals surface area contributed by atoms with Gasteiger partial charge in [0.15, 0.2) is 5.60 Å². The molecule has 0 unspecified atom stereocenters. The van der Waals surface area contributed by atoms with E-state index in [0.29, 0.717) is 30.5 Å². The monoisotopic (exact) mass is 451 g/mol. The number of rotatable bonds is 8. The molecule has 166 valence electrons. The molecule has 1 aliphatic rings. The Labute approximate surface area is 193 Å². The predicted octanol–water partition coefficient (Wildman–Crippen LogP) is 5.64. The first-order chi connectivity index (χ1) is 15.6. The number of benzene rings is 2. The van der Waals surface area contributed by atoms with Gasteiger partial charge in [-0.2, -0.15) is 0 Å². The summed E-state index contributed by atoms with van der Waals surface area (Å²) < 4.78 is 24.6. The Morgan fingerprint density at radius 1 is 1.00 bits per heavy atom. The van der Waals surface area contributed by atoms with Crippen molar-refractivity contribution < 1.29 is 18.9 Å². The van der Waals surface area contributed by atoms with Crippen molar-refractivity contribution in [3.8, 4) is 0 Å². The minimum Gasteiger partial charge on any atom is -0.464 e. The molecule has 32 heavy (non-hydrogen) atoms. The molecule has 4 rings (SSSR count). The van der Waals surface area contributed by atoms with E-state index in [9.17, 15) is 0 Å². The molecule has 6 heteroatoms. The highest BCUT2D eigenvalue weighted by Gasteiger charge is 2.51. The number of halogens is 1. The molecule has 1 fully saturated rings. The number of aromatic nitrogens is 1. The molecule has 2 heterocycles. The van der Waals surface area contributed by atoms with Gasteiger partial charge in [0.25, 0.3) is 0 Å². The fraction of sp³-hybridized carbons (Fsp3) is 0.269. The number of hydrogen-bond donors (Lipinski definition) is 0. The quantitative estimate of drug-likeness (QED) is 0.415. The van der Waals surface area contributed by atoms with E-state index in [4.69, 9.17) is 30.5 Å². The van der Waals surface area contributed by atoms with Crippen molar-refractivity contribution in [2.45, 2.75) is 37.6 Å². The van der Waals surface area contributed by atoms with Gasteiger partial charge in [0.05, 0.1) is 13.2 Å². The zero-order valence-electron chi connectivity index (χ0n) is 17.9. The van der Waals surface area contributed by atoms with Crippen LogP contribution in [0.2, 0.25) is 5.15 Å². The van der Waals surface area contributed by atoms with E-state index in [-0.39, 0.29) is 0 Å². The second-order valence-electron chi connectivity index (χ2n) is 7.67. The van der Waals surface area contributed by atoms with Crippen LogP contribution in [0.3, 0.4) is 0 Å². The van der Waals surface area contributed by atoms with Gasteiger partial charge in [0.2, 0.25) is 6.29 Å². The molecule has 1 aromatic heterocycles. The van der Waals surface area contributed by atoms with Gasteiger partial charge < -0.3 is 18.9 Å². The van der Waals surface area contributed by atoms with Crippen LogP contribution in [0.25, 0.3) is 0 Å². The molecule has 0 aliphatic carbocycles. The number of pyridine rings is 1. The van der Waals surface area contributed by atoms with Gasteiger partial charge in [0.1, 0.15) is 17.0 Å². The lowest BCUT2D eigenvalue weighted by atomic mass is 9.85. The highest BCUT2D eigenvalue weighted by molar-refractivity contribution is 6.29.